The highest BCUT2D eigenvalue weighted by atomic mass is 35.5. The number of piperidine rings is 1. The number of hydrogen-bond donors (Lipinski definition) is 3. The van der Waals surface area contributed by atoms with E-state index < -0.39 is 29.3 Å². The van der Waals surface area contributed by atoms with E-state index in [-0.39, 0.29) is 40.7 Å². The zero-order chi connectivity index (χ0) is 26.4. The molecule has 8 rings (SSSR count). The zero-order valence-electron chi connectivity index (χ0n) is 22.0. The molecule has 2 heterocycles. The molecule has 1 saturated carbocycles. The quantitative estimate of drug-likeness (QED) is 0.303. The summed E-state index contributed by atoms with van der Waals surface area (Å²) in [6.45, 7) is 1.00. The number of halogens is 2. The van der Waals surface area contributed by atoms with E-state index >= 15 is 0 Å². The second-order valence-electron chi connectivity index (χ2n) is 11.3. The Morgan fingerprint density at radius 2 is 1.87 bits per heavy atom. The van der Waals surface area contributed by atoms with Crippen LogP contribution in [0.1, 0.15) is 34.3 Å². The van der Waals surface area contributed by atoms with Crippen LogP contribution in [0.3, 0.4) is 0 Å². The largest absolute Gasteiger partial charge is 1.00 e. The summed E-state index contributed by atoms with van der Waals surface area (Å²) in [5, 5.41) is 0. The van der Waals surface area contributed by atoms with Gasteiger partial charge in [0.1, 0.15) is 23.6 Å². The van der Waals surface area contributed by atoms with Crippen LogP contribution in [0.4, 0.5) is 4.39 Å². The van der Waals surface area contributed by atoms with Crippen LogP contribution in [-0.2, 0) is 21.4 Å². The van der Waals surface area contributed by atoms with Crippen molar-refractivity contribution in [1.29, 1.82) is 0 Å². The highest BCUT2D eigenvalue weighted by Crippen LogP contribution is 2.73. The van der Waals surface area contributed by atoms with Crippen LogP contribution in [-0.4, -0.2) is 57.4 Å². The van der Waals surface area contributed by atoms with Gasteiger partial charge in [-0.1, -0.05) is 18.2 Å². The first-order chi connectivity index (χ1) is 18.3. The van der Waals surface area contributed by atoms with Gasteiger partial charge in [0, 0.05) is 31.1 Å². The van der Waals surface area contributed by atoms with E-state index in [1.165, 1.54) is 40.3 Å². The van der Waals surface area contributed by atoms with Crippen molar-refractivity contribution in [3.05, 3.63) is 71.1 Å². The Kier molecular flexibility index (Phi) is 5.81. The summed E-state index contributed by atoms with van der Waals surface area (Å²) in [6.07, 6.45) is 6.31. The summed E-state index contributed by atoms with van der Waals surface area (Å²) in [7, 11) is 5.52. The molecular weight excluding hydrogens is 525 g/mol. The number of amides is 2. The van der Waals surface area contributed by atoms with Crippen LogP contribution in [0.2, 0.25) is 0 Å². The fourth-order valence-electron chi connectivity index (χ4n) is 8.54. The van der Waals surface area contributed by atoms with Crippen LogP contribution in [0.5, 0.6) is 11.5 Å². The number of rotatable bonds is 4. The van der Waals surface area contributed by atoms with Gasteiger partial charge < -0.3 is 31.5 Å². The molecule has 6 aliphatic rings. The SMILES string of the molecule is COc1ccc2c3c1O[C@@H]1[C@@]4(OC)C=C[C@@]5(C[C@H]4C(=O)NNC(=O)c4ccc(F)cc4)[C@@H](C2)[NH+](C)CC[C@]315.[Cl-]. The monoisotopic (exact) mass is 555 g/mol. The summed E-state index contributed by atoms with van der Waals surface area (Å²) in [4.78, 5) is 27.9. The summed E-state index contributed by atoms with van der Waals surface area (Å²) in [5.74, 6) is -0.422. The third-order valence-electron chi connectivity index (χ3n) is 10.2. The molecule has 2 spiro atoms. The average molecular weight is 556 g/mol. The molecule has 2 aromatic rings. The van der Waals surface area contributed by atoms with Gasteiger partial charge in [-0.25, -0.2) is 4.39 Å². The maximum Gasteiger partial charge on any atom is 0.269 e. The Balaban J connectivity index is 0.00000277. The number of quaternary nitrogens is 1. The Labute approximate surface area is 232 Å². The Bertz CT molecular complexity index is 1400. The van der Waals surface area contributed by atoms with Crippen molar-refractivity contribution >= 4 is 11.8 Å². The van der Waals surface area contributed by atoms with Crippen LogP contribution in [0.15, 0.2) is 48.6 Å². The highest BCUT2D eigenvalue weighted by molar-refractivity contribution is 5.95. The second kappa shape index (κ2) is 8.68. The second-order valence-corrected chi connectivity index (χ2v) is 11.3. The highest BCUT2D eigenvalue weighted by Gasteiger charge is 2.81. The average Bonchev–Trinajstić information content (AvgIpc) is 3.31. The molecule has 10 heteroatoms. The molecule has 0 radical (unpaired) electrons. The lowest BCUT2D eigenvalue weighted by Gasteiger charge is -2.69. The van der Waals surface area contributed by atoms with Crippen molar-refractivity contribution in [2.24, 2.45) is 11.3 Å². The van der Waals surface area contributed by atoms with Crippen molar-refractivity contribution in [2.45, 2.75) is 42.4 Å². The van der Waals surface area contributed by atoms with Crippen molar-refractivity contribution < 1.29 is 45.5 Å². The first-order valence-electron chi connectivity index (χ1n) is 13.1. The number of hydrazine groups is 1. The Morgan fingerprint density at radius 1 is 1.10 bits per heavy atom. The van der Waals surface area contributed by atoms with Crippen LogP contribution < -0.4 is 37.6 Å². The van der Waals surface area contributed by atoms with Gasteiger partial charge in [0.05, 0.1) is 37.5 Å². The van der Waals surface area contributed by atoms with Gasteiger partial charge >= 0.3 is 0 Å². The summed E-state index contributed by atoms with van der Waals surface area (Å²) >= 11 is 0. The minimum absolute atomic E-state index is 0. The van der Waals surface area contributed by atoms with E-state index in [1.54, 1.807) is 14.2 Å². The number of ether oxygens (including phenoxy) is 3. The molecule has 4 aliphatic carbocycles. The molecular formula is C29H31ClFN3O5. The minimum Gasteiger partial charge on any atom is -1.00 e. The molecule has 2 aliphatic heterocycles. The third kappa shape index (κ3) is 3.06. The molecule has 8 nitrogen and oxygen atoms in total. The van der Waals surface area contributed by atoms with E-state index in [0.717, 1.165) is 25.1 Å². The van der Waals surface area contributed by atoms with E-state index in [9.17, 15) is 14.0 Å². The number of benzene rings is 2. The Hall–Kier alpha value is -3.14. The third-order valence-corrected chi connectivity index (χ3v) is 10.2. The van der Waals surface area contributed by atoms with E-state index in [0.29, 0.717) is 12.2 Å². The molecule has 3 N–H and O–H groups in total. The molecule has 2 fully saturated rings. The summed E-state index contributed by atoms with van der Waals surface area (Å²) in [6, 6.07) is 9.58. The topological polar surface area (TPSA) is 90.3 Å². The van der Waals surface area contributed by atoms with E-state index in [2.05, 4.69) is 30.0 Å². The number of nitrogens with one attached hydrogen (secondary N) is 3. The standard InChI is InChI=1S/C29H30FN3O5.ClH/c1-33-13-12-28-22-17-6-9-20(36-2)23(22)38-26(28)29(37-3)11-10-27(28,21(33)14-17)15-19(29)25(35)32-31-24(34)16-4-7-18(30)8-5-16;/h4-11,19,21,26H,12-15H2,1-3H3,(H,31,34)(H,32,35);1H/t19-,21+,26-,27+,28-,29+;/m0./s1. The predicted molar refractivity (Wildman–Crippen MR) is 134 cm³/mol. The van der Waals surface area contributed by atoms with Gasteiger partial charge in [-0.3, -0.25) is 20.4 Å². The van der Waals surface area contributed by atoms with Gasteiger partial charge in [0.15, 0.2) is 11.5 Å². The van der Waals surface area contributed by atoms with E-state index in [4.69, 9.17) is 14.2 Å². The number of hydrogen-bond acceptors (Lipinski definition) is 5. The van der Waals surface area contributed by atoms with Gasteiger partial charge in [-0.05, 0) is 42.3 Å². The number of methoxy groups -OCH3 is 2. The first-order valence-corrected chi connectivity index (χ1v) is 13.1. The molecule has 206 valence electrons. The van der Waals surface area contributed by atoms with Crippen molar-refractivity contribution in [2.75, 3.05) is 27.8 Å². The van der Waals surface area contributed by atoms with Crippen molar-refractivity contribution in [1.82, 2.24) is 10.9 Å². The van der Waals surface area contributed by atoms with Gasteiger partial charge in [-0.15, -0.1) is 0 Å². The zero-order valence-corrected chi connectivity index (χ0v) is 22.7. The molecule has 1 unspecified atom stereocenters. The molecule has 0 aromatic heterocycles. The van der Waals surface area contributed by atoms with Gasteiger partial charge in [-0.2, -0.15) is 0 Å². The smallest absolute Gasteiger partial charge is 0.269 e. The maximum absolute atomic E-state index is 13.8. The molecule has 4 bridgehead atoms. The fraction of sp³-hybridized carbons (Fsp3) is 0.448. The van der Waals surface area contributed by atoms with Crippen molar-refractivity contribution in [3.63, 3.8) is 0 Å². The lowest BCUT2D eigenvalue weighted by molar-refractivity contribution is -0.923. The normalized spacial score (nSPS) is 35.8. The van der Waals surface area contributed by atoms with Crippen LogP contribution in [0, 0.1) is 17.2 Å². The van der Waals surface area contributed by atoms with Gasteiger partial charge in [0.25, 0.3) is 5.91 Å². The van der Waals surface area contributed by atoms with Crippen molar-refractivity contribution in [3.8, 4) is 11.5 Å². The molecule has 2 amide bonds. The molecule has 2 aromatic carbocycles. The molecule has 7 atom stereocenters. The van der Waals surface area contributed by atoms with Crippen LogP contribution >= 0.6 is 0 Å². The van der Waals surface area contributed by atoms with Gasteiger partial charge in [0.2, 0.25) is 5.91 Å². The minimum atomic E-state index is -1.03. The fourth-order valence-corrected chi connectivity index (χ4v) is 8.54. The number of likely N-dealkylation sites (tertiary alicyclic amines) is 1. The number of likely N-dealkylation sites (N-methyl/N-ethyl adjacent to an activating group) is 1. The summed E-state index contributed by atoms with van der Waals surface area (Å²) in [5.41, 5.74) is 6.23. The summed E-state index contributed by atoms with van der Waals surface area (Å²) < 4.78 is 32.1. The van der Waals surface area contributed by atoms with E-state index in [1.807, 2.05) is 12.1 Å². The van der Waals surface area contributed by atoms with Crippen LogP contribution in [0.25, 0.3) is 0 Å². The first kappa shape index (κ1) is 26.1. The number of fused-ring (bicyclic) bond motifs is 1. The number of carbonyl (C=O) groups excluding carboxylic acids is 2. The predicted octanol–water partition coefficient (Wildman–Crippen LogP) is -1.90. The maximum atomic E-state index is 13.8. The lowest BCUT2D eigenvalue weighted by Crippen LogP contribution is -3.18. The molecule has 39 heavy (non-hydrogen) atoms. The Morgan fingerprint density at radius 3 is 2.59 bits per heavy atom. The molecule has 1 saturated heterocycles. The number of carbonyl (C=O) groups is 2. The lowest BCUT2D eigenvalue weighted by atomic mass is 9.37.